The van der Waals surface area contributed by atoms with E-state index >= 15 is 0 Å². The molecule has 2 amide bonds. The fourth-order valence-electron chi connectivity index (χ4n) is 3.21. The van der Waals surface area contributed by atoms with E-state index in [0.717, 1.165) is 32.1 Å². The molecule has 0 aromatic carbocycles. The Labute approximate surface area is 128 Å². The predicted octanol–water partition coefficient (Wildman–Crippen LogP) is 2.94. The molecule has 5 nitrogen and oxygen atoms in total. The van der Waals surface area contributed by atoms with Gasteiger partial charge in [0.2, 0.25) is 0 Å². The van der Waals surface area contributed by atoms with Crippen molar-refractivity contribution in [1.29, 1.82) is 0 Å². The minimum absolute atomic E-state index is 0.0341. The summed E-state index contributed by atoms with van der Waals surface area (Å²) in [5.41, 5.74) is 0. The molecule has 0 aromatic rings. The van der Waals surface area contributed by atoms with Crippen LogP contribution in [0.1, 0.15) is 65.2 Å². The van der Waals surface area contributed by atoms with Gasteiger partial charge in [-0.1, -0.05) is 26.2 Å². The molecular formula is C16H30N2O3. The molecule has 0 bridgehead atoms. The van der Waals surface area contributed by atoms with Crippen LogP contribution in [0, 0.1) is 0 Å². The molecule has 1 atom stereocenters. The maximum Gasteiger partial charge on any atom is 0.315 e. The molecule has 5 heteroatoms. The number of carbonyl (C=O) groups is 1. The van der Waals surface area contributed by atoms with Gasteiger partial charge in [0.1, 0.15) is 0 Å². The van der Waals surface area contributed by atoms with Crippen molar-refractivity contribution < 1.29 is 14.3 Å². The van der Waals surface area contributed by atoms with Gasteiger partial charge in [-0.3, -0.25) is 0 Å². The van der Waals surface area contributed by atoms with Crippen LogP contribution in [-0.4, -0.2) is 37.1 Å². The lowest BCUT2D eigenvalue weighted by atomic mass is 9.90. The van der Waals surface area contributed by atoms with Gasteiger partial charge in [-0.2, -0.15) is 0 Å². The summed E-state index contributed by atoms with van der Waals surface area (Å²) < 4.78 is 11.4. The van der Waals surface area contributed by atoms with E-state index in [1.165, 1.54) is 19.3 Å². The van der Waals surface area contributed by atoms with E-state index in [2.05, 4.69) is 24.5 Å². The third kappa shape index (κ3) is 5.15. The number of nitrogens with one attached hydrogen (secondary N) is 2. The quantitative estimate of drug-likeness (QED) is 0.741. The van der Waals surface area contributed by atoms with Crippen LogP contribution in [0.5, 0.6) is 0 Å². The smallest absolute Gasteiger partial charge is 0.315 e. The Hall–Kier alpha value is -0.810. The molecule has 2 N–H and O–H groups in total. The zero-order valence-corrected chi connectivity index (χ0v) is 13.5. The van der Waals surface area contributed by atoms with Gasteiger partial charge in [0.15, 0.2) is 5.79 Å². The van der Waals surface area contributed by atoms with Gasteiger partial charge >= 0.3 is 6.03 Å². The standard InChI is InChI=1S/C16H30N2O3/c1-3-4-5-6-13(2)17-15(19)18-14-7-9-16(10-8-14)20-11-12-21-16/h13-14H,3-12H2,1-2H3,(H2,17,18,19). The first-order valence-electron chi connectivity index (χ1n) is 8.48. The van der Waals surface area contributed by atoms with E-state index in [1.807, 2.05) is 0 Å². The van der Waals surface area contributed by atoms with Crippen LogP contribution in [0.4, 0.5) is 4.79 Å². The van der Waals surface area contributed by atoms with E-state index in [0.29, 0.717) is 13.2 Å². The number of urea groups is 1. The van der Waals surface area contributed by atoms with Crippen molar-refractivity contribution >= 4 is 6.03 Å². The molecule has 1 unspecified atom stereocenters. The molecular weight excluding hydrogens is 268 g/mol. The van der Waals surface area contributed by atoms with Gasteiger partial charge in [-0.15, -0.1) is 0 Å². The second kappa shape index (κ2) is 7.99. The SMILES string of the molecule is CCCCCC(C)NC(=O)NC1CCC2(CC1)OCCO2. The summed E-state index contributed by atoms with van der Waals surface area (Å²) >= 11 is 0. The number of unbranched alkanes of at least 4 members (excludes halogenated alkanes) is 2. The average Bonchev–Trinajstić information content (AvgIpc) is 2.90. The largest absolute Gasteiger partial charge is 0.348 e. The summed E-state index contributed by atoms with van der Waals surface area (Å²) in [5, 5.41) is 6.12. The van der Waals surface area contributed by atoms with Crippen LogP contribution in [0.2, 0.25) is 0 Å². The van der Waals surface area contributed by atoms with Crippen LogP contribution in [0.25, 0.3) is 0 Å². The normalized spacial score (nSPS) is 23.1. The van der Waals surface area contributed by atoms with Crippen molar-refractivity contribution in [3.63, 3.8) is 0 Å². The van der Waals surface area contributed by atoms with E-state index in [4.69, 9.17) is 9.47 Å². The average molecular weight is 298 g/mol. The van der Waals surface area contributed by atoms with Crippen molar-refractivity contribution in [3.05, 3.63) is 0 Å². The second-order valence-electron chi connectivity index (χ2n) is 6.40. The van der Waals surface area contributed by atoms with E-state index in [1.54, 1.807) is 0 Å². The minimum atomic E-state index is -0.345. The van der Waals surface area contributed by atoms with Crippen LogP contribution in [0.3, 0.4) is 0 Å². The predicted molar refractivity (Wildman–Crippen MR) is 82.2 cm³/mol. The molecule has 1 aliphatic heterocycles. The molecule has 1 heterocycles. The summed E-state index contributed by atoms with van der Waals surface area (Å²) in [6, 6.07) is 0.451. The van der Waals surface area contributed by atoms with Gasteiger partial charge in [0.05, 0.1) is 13.2 Å². The molecule has 1 saturated heterocycles. The Morgan fingerprint density at radius 1 is 1.24 bits per heavy atom. The molecule has 1 saturated carbocycles. The number of hydrogen-bond acceptors (Lipinski definition) is 3. The van der Waals surface area contributed by atoms with Crippen LogP contribution in [0.15, 0.2) is 0 Å². The number of amides is 2. The van der Waals surface area contributed by atoms with Crippen LogP contribution in [-0.2, 0) is 9.47 Å². The Morgan fingerprint density at radius 2 is 1.90 bits per heavy atom. The summed E-state index contributed by atoms with van der Waals surface area (Å²) in [6.07, 6.45) is 8.30. The maximum absolute atomic E-state index is 12.0. The molecule has 1 aliphatic carbocycles. The third-order valence-electron chi connectivity index (χ3n) is 4.51. The Bertz CT molecular complexity index is 319. The van der Waals surface area contributed by atoms with E-state index in [-0.39, 0.29) is 23.9 Å². The van der Waals surface area contributed by atoms with E-state index in [9.17, 15) is 4.79 Å². The van der Waals surface area contributed by atoms with Crippen molar-refractivity contribution in [3.8, 4) is 0 Å². The molecule has 2 aliphatic rings. The van der Waals surface area contributed by atoms with Crippen molar-refractivity contribution in [2.24, 2.45) is 0 Å². The molecule has 1 spiro atoms. The highest BCUT2D eigenvalue weighted by Crippen LogP contribution is 2.35. The van der Waals surface area contributed by atoms with Gasteiger partial charge in [-0.05, 0) is 26.2 Å². The lowest BCUT2D eigenvalue weighted by Crippen LogP contribution is -2.48. The zero-order chi connectivity index (χ0) is 15.1. The van der Waals surface area contributed by atoms with Gasteiger partial charge in [0, 0.05) is 24.9 Å². The lowest BCUT2D eigenvalue weighted by Gasteiger charge is -2.35. The van der Waals surface area contributed by atoms with Crippen molar-refractivity contribution in [2.75, 3.05) is 13.2 Å². The number of carbonyl (C=O) groups excluding carboxylic acids is 1. The first-order chi connectivity index (χ1) is 10.1. The summed E-state index contributed by atoms with van der Waals surface area (Å²) in [5.74, 6) is -0.345. The number of ether oxygens (including phenoxy) is 2. The molecule has 0 radical (unpaired) electrons. The minimum Gasteiger partial charge on any atom is -0.348 e. The lowest BCUT2D eigenvalue weighted by molar-refractivity contribution is -0.179. The van der Waals surface area contributed by atoms with Gasteiger partial charge in [0.25, 0.3) is 0 Å². The second-order valence-corrected chi connectivity index (χ2v) is 6.40. The summed E-state index contributed by atoms with van der Waals surface area (Å²) in [4.78, 5) is 12.0. The first-order valence-corrected chi connectivity index (χ1v) is 8.48. The maximum atomic E-state index is 12.0. The van der Waals surface area contributed by atoms with Crippen LogP contribution >= 0.6 is 0 Å². The zero-order valence-electron chi connectivity index (χ0n) is 13.5. The summed E-state index contributed by atoms with van der Waals surface area (Å²) in [7, 11) is 0. The highest BCUT2D eigenvalue weighted by molar-refractivity contribution is 5.74. The first kappa shape index (κ1) is 16.6. The van der Waals surface area contributed by atoms with Gasteiger partial charge < -0.3 is 20.1 Å². The highest BCUT2D eigenvalue weighted by Gasteiger charge is 2.40. The highest BCUT2D eigenvalue weighted by atomic mass is 16.7. The summed E-state index contributed by atoms with van der Waals surface area (Å²) in [6.45, 7) is 5.67. The van der Waals surface area contributed by atoms with Crippen molar-refractivity contribution in [1.82, 2.24) is 10.6 Å². The molecule has 122 valence electrons. The Kier molecular flexibility index (Phi) is 6.30. The molecule has 2 fully saturated rings. The van der Waals surface area contributed by atoms with Crippen molar-refractivity contribution in [2.45, 2.75) is 83.1 Å². The molecule has 0 aromatic heterocycles. The van der Waals surface area contributed by atoms with Gasteiger partial charge in [-0.25, -0.2) is 4.79 Å². The fraction of sp³-hybridized carbons (Fsp3) is 0.938. The fourth-order valence-corrected chi connectivity index (χ4v) is 3.21. The third-order valence-corrected chi connectivity index (χ3v) is 4.51. The number of hydrogen-bond donors (Lipinski definition) is 2. The molecule has 21 heavy (non-hydrogen) atoms. The topological polar surface area (TPSA) is 59.6 Å². The van der Waals surface area contributed by atoms with Crippen LogP contribution < -0.4 is 10.6 Å². The van der Waals surface area contributed by atoms with E-state index < -0.39 is 0 Å². The monoisotopic (exact) mass is 298 g/mol. The Morgan fingerprint density at radius 3 is 2.52 bits per heavy atom. The molecule has 2 rings (SSSR count). The number of rotatable bonds is 6. The Balaban J connectivity index is 1.62.